The number of unbranched alkanes of at least 4 members (excludes halogenated alkanes) is 1. The Morgan fingerprint density at radius 1 is 1.38 bits per heavy atom. The Hall–Kier alpha value is -0.283. The van der Waals surface area contributed by atoms with Gasteiger partial charge < -0.3 is 4.74 Å². The van der Waals surface area contributed by atoms with Crippen LogP contribution in [0.25, 0.3) is 0 Å². The van der Waals surface area contributed by atoms with Crippen LogP contribution in [0.4, 0.5) is 0 Å². The van der Waals surface area contributed by atoms with E-state index in [1.165, 1.54) is 12.8 Å². The molecule has 16 heavy (non-hydrogen) atoms. The van der Waals surface area contributed by atoms with Gasteiger partial charge in [-0.2, -0.15) is 11.1 Å². The normalized spacial score (nSPS) is 14.2. The Balaban J connectivity index is 3.64. The van der Waals surface area contributed by atoms with E-state index in [0.717, 1.165) is 18.5 Å². The molecule has 0 aliphatic rings. The Morgan fingerprint density at radius 2 is 1.94 bits per heavy atom. The maximum absolute atomic E-state index is 11.1. The van der Waals surface area contributed by atoms with Crippen LogP contribution in [0.3, 0.4) is 0 Å². The Kier molecular flexibility index (Phi) is 7.76. The van der Waals surface area contributed by atoms with Crippen molar-refractivity contribution >= 4 is 24.4 Å². The molecule has 1 unspecified atom stereocenters. The van der Waals surface area contributed by atoms with Crippen molar-refractivity contribution in [2.75, 3.05) is 6.61 Å². The van der Waals surface area contributed by atoms with E-state index in [9.17, 15) is 4.79 Å². The smallest absolute Gasteiger partial charge is 0.333 e. The van der Waals surface area contributed by atoms with Crippen molar-refractivity contribution in [3.8, 4) is 0 Å². The van der Waals surface area contributed by atoms with E-state index >= 15 is 0 Å². The zero-order valence-electron chi connectivity index (χ0n) is 10.6. The molecule has 0 saturated heterocycles. The van der Waals surface area contributed by atoms with Crippen LogP contribution >= 0.6 is 11.1 Å². The molecule has 0 amide bonds. The highest BCUT2D eigenvalue weighted by Gasteiger charge is 2.22. The molecule has 0 aromatic carbocycles. The molecule has 0 fully saturated rings. The number of halogens is 1. The second-order valence-corrected chi connectivity index (χ2v) is 11.1. The first-order valence-electron chi connectivity index (χ1n) is 5.90. The third kappa shape index (κ3) is 7.94. The third-order valence-corrected chi connectivity index (χ3v) is 6.40. The van der Waals surface area contributed by atoms with E-state index in [2.05, 4.69) is 20.0 Å². The lowest BCUT2D eigenvalue weighted by molar-refractivity contribution is -0.138. The van der Waals surface area contributed by atoms with Crippen molar-refractivity contribution < 1.29 is 9.53 Å². The van der Waals surface area contributed by atoms with Gasteiger partial charge in [-0.3, -0.25) is 0 Å². The lowest BCUT2D eigenvalue weighted by atomic mass is 10.4. The van der Waals surface area contributed by atoms with Gasteiger partial charge in [-0.15, -0.1) is 0 Å². The molecule has 0 rings (SSSR count). The molecule has 0 heterocycles. The summed E-state index contributed by atoms with van der Waals surface area (Å²) < 4.78 is 5.03. The molecule has 0 spiro atoms. The van der Waals surface area contributed by atoms with Gasteiger partial charge in [-0.25, -0.2) is 4.79 Å². The fourth-order valence-corrected chi connectivity index (χ4v) is 4.42. The largest absolute Gasteiger partial charge is 0.462 e. The number of carbonyl (C=O) groups is 1. The van der Waals surface area contributed by atoms with Gasteiger partial charge >= 0.3 is 5.97 Å². The fourth-order valence-electron chi connectivity index (χ4n) is 1.40. The molecule has 0 aliphatic carbocycles. The van der Waals surface area contributed by atoms with E-state index in [1.807, 2.05) is 0 Å². The summed E-state index contributed by atoms with van der Waals surface area (Å²) in [5.74, 6) is -0.300. The van der Waals surface area contributed by atoms with E-state index < -0.39 is 7.38 Å². The van der Waals surface area contributed by atoms with Crippen LogP contribution in [-0.4, -0.2) is 20.0 Å². The Bertz CT molecular complexity index is 239. The zero-order chi connectivity index (χ0) is 12.6. The van der Waals surface area contributed by atoms with Crippen LogP contribution in [0.2, 0.25) is 18.6 Å². The van der Waals surface area contributed by atoms with Gasteiger partial charge in [0, 0.05) is 5.57 Å². The van der Waals surface area contributed by atoms with E-state index in [4.69, 9.17) is 15.8 Å². The number of hydrogen-bond acceptors (Lipinski definition) is 2. The van der Waals surface area contributed by atoms with Crippen LogP contribution in [0, 0.1) is 0 Å². The van der Waals surface area contributed by atoms with Gasteiger partial charge in [0.1, 0.15) is 0 Å². The van der Waals surface area contributed by atoms with Crippen molar-refractivity contribution in [2.24, 2.45) is 0 Å². The highest BCUT2D eigenvalue weighted by atomic mass is 35.6. The first kappa shape index (κ1) is 15.7. The van der Waals surface area contributed by atoms with Gasteiger partial charge in [0.05, 0.1) is 6.61 Å². The first-order chi connectivity index (χ1) is 7.39. The lowest BCUT2D eigenvalue weighted by Gasteiger charge is -2.18. The number of hydrogen-bond donors (Lipinski definition) is 0. The standard InChI is InChI=1S/C12H23ClO2Si/c1-5-6-9-16(4,13)10-7-8-15-12(14)11(2)3/h2,5-10H2,1,3-4H3. The summed E-state index contributed by atoms with van der Waals surface area (Å²) in [5, 5.41) is 0. The topological polar surface area (TPSA) is 26.3 Å². The fraction of sp³-hybridized carbons (Fsp3) is 0.750. The van der Waals surface area contributed by atoms with Crippen LogP contribution in [0.5, 0.6) is 0 Å². The quantitative estimate of drug-likeness (QED) is 0.216. The summed E-state index contributed by atoms with van der Waals surface area (Å²) in [6, 6.07) is 2.16. The highest BCUT2D eigenvalue weighted by Crippen LogP contribution is 2.24. The highest BCUT2D eigenvalue weighted by molar-refractivity contribution is 7.19. The van der Waals surface area contributed by atoms with Crippen LogP contribution in [0.1, 0.15) is 33.1 Å². The molecule has 0 radical (unpaired) electrons. The minimum Gasteiger partial charge on any atom is -0.462 e. The lowest BCUT2D eigenvalue weighted by Crippen LogP contribution is -2.22. The van der Waals surface area contributed by atoms with Crippen LogP contribution in [0.15, 0.2) is 12.2 Å². The third-order valence-electron chi connectivity index (χ3n) is 2.48. The number of carbonyl (C=O) groups excluding carboxylic acids is 1. The predicted octanol–water partition coefficient (Wildman–Crippen LogP) is 4.11. The van der Waals surface area contributed by atoms with Crippen LogP contribution in [-0.2, 0) is 9.53 Å². The first-order valence-corrected chi connectivity index (χ1v) is 9.83. The van der Waals surface area contributed by atoms with Crippen molar-refractivity contribution in [2.45, 2.75) is 51.7 Å². The molecule has 0 N–H and O–H groups in total. The summed E-state index contributed by atoms with van der Waals surface area (Å²) in [4.78, 5) is 11.1. The Labute approximate surface area is 105 Å². The molecule has 0 aliphatic heterocycles. The molecule has 0 aromatic heterocycles. The predicted molar refractivity (Wildman–Crippen MR) is 72.4 cm³/mol. The summed E-state index contributed by atoms with van der Waals surface area (Å²) in [6.07, 6.45) is 3.27. The molecule has 0 saturated carbocycles. The molecule has 1 atom stereocenters. The zero-order valence-corrected chi connectivity index (χ0v) is 12.4. The SMILES string of the molecule is C=C(C)C(=O)OCCC[Si](C)(Cl)CCCC. The monoisotopic (exact) mass is 262 g/mol. The summed E-state index contributed by atoms with van der Waals surface area (Å²) in [6.45, 7) is 10.0. The second kappa shape index (κ2) is 7.90. The maximum Gasteiger partial charge on any atom is 0.333 e. The minimum atomic E-state index is -1.56. The number of rotatable bonds is 8. The van der Waals surface area contributed by atoms with Gasteiger partial charge in [-0.1, -0.05) is 32.9 Å². The average molecular weight is 263 g/mol. The van der Waals surface area contributed by atoms with Crippen molar-refractivity contribution in [1.82, 2.24) is 0 Å². The molecular formula is C12H23ClO2Si. The number of ether oxygens (including phenoxy) is 1. The molecule has 94 valence electrons. The van der Waals surface area contributed by atoms with Crippen LogP contribution < -0.4 is 0 Å². The van der Waals surface area contributed by atoms with Gasteiger partial charge in [0.25, 0.3) is 0 Å². The van der Waals surface area contributed by atoms with E-state index in [-0.39, 0.29) is 5.97 Å². The van der Waals surface area contributed by atoms with Crippen molar-refractivity contribution in [3.05, 3.63) is 12.2 Å². The molecule has 0 bridgehead atoms. The number of esters is 1. The molecule has 2 nitrogen and oxygen atoms in total. The van der Waals surface area contributed by atoms with E-state index in [0.29, 0.717) is 12.2 Å². The molecule has 4 heteroatoms. The molecular weight excluding hydrogens is 240 g/mol. The van der Waals surface area contributed by atoms with Gasteiger partial charge in [0.2, 0.25) is 0 Å². The minimum absolute atomic E-state index is 0.300. The average Bonchev–Trinajstić information content (AvgIpc) is 2.21. The summed E-state index contributed by atoms with van der Waals surface area (Å²) >= 11 is 6.47. The van der Waals surface area contributed by atoms with Crippen molar-refractivity contribution in [3.63, 3.8) is 0 Å². The maximum atomic E-state index is 11.1. The van der Waals surface area contributed by atoms with E-state index in [1.54, 1.807) is 6.92 Å². The Morgan fingerprint density at radius 3 is 2.44 bits per heavy atom. The summed E-state index contributed by atoms with van der Waals surface area (Å²) in [7, 11) is -1.56. The van der Waals surface area contributed by atoms with Gasteiger partial charge in [0.15, 0.2) is 7.38 Å². The second-order valence-electron chi connectivity index (χ2n) is 4.54. The van der Waals surface area contributed by atoms with Gasteiger partial charge in [-0.05, 0) is 25.4 Å². The summed E-state index contributed by atoms with van der Waals surface area (Å²) in [5.41, 5.74) is 0.455. The molecule has 0 aromatic rings. The van der Waals surface area contributed by atoms with Crippen molar-refractivity contribution in [1.29, 1.82) is 0 Å².